The molecule has 28 heavy (non-hydrogen) atoms. The van der Waals surface area contributed by atoms with Crippen LogP contribution in [-0.4, -0.2) is 42.0 Å². The van der Waals surface area contributed by atoms with Gasteiger partial charge < -0.3 is 20.4 Å². The van der Waals surface area contributed by atoms with Crippen LogP contribution in [0, 0.1) is 11.7 Å². The molecule has 3 N–H and O–H groups in total. The quantitative estimate of drug-likeness (QED) is 0.500. The van der Waals surface area contributed by atoms with Crippen LogP contribution in [0.5, 0.6) is 0 Å². The largest absolute Gasteiger partial charge is 0.463 e. The number of hydrogen-bond donors (Lipinski definition) is 3. The zero-order chi connectivity index (χ0) is 20.1. The molecule has 3 rings (SSSR count). The van der Waals surface area contributed by atoms with Gasteiger partial charge in [0.05, 0.1) is 6.61 Å². The molecule has 0 spiro atoms. The van der Waals surface area contributed by atoms with Crippen LogP contribution in [0.4, 0.5) is 4.39 Å². The number of amides is 2. The van der Waals surface area contributed by atoms with E-state index in [2.05, 4.69) is 15.6 Å². The van der Waals surface area contributed by atoms with E-state index in [1.165, 1.54) is 24.3 Å². The Morgan fingerprint density at radius 1 is 1.39 bits per heavy atom. The standard InChI is InChI=1S/C20H22FN3O4/c1-2-28-18(25)6-4-15(10-12-7-8-22-19(12)26)23-20(27)17-11-13-9-14(21)3-5-16(13)24-17/h3-6,9,11-12,15,24H,2,7-8,10H2,1H3,(H,22,26)(H,23,27)/t12-,15+/m0/s1. The number of esters is 1. The van der Waals surface area contributed by atoms with E-state index in [0.29, 0.717) is 30.3 Å². The number of carbonyl (C=O) groups excluding carboxylic acids is 3. The van der Waals surface area contributed by atoms with Gasteiger partial charge in [-0.15, -0.1) is 0 Å². The summed E-state index contributed by atoms with van der Waals surface area (Å²) in [5.74, 6) is -1.62. The summed E-state index contributed by atoms with van der Waals surface area (Å²) in [7, 11) is 0. The molecular formula is C20H22FN3O4. The first kappa shape index (κ1) is 19.6. The molecule has 2 amide bonds. The number of H-pyrrole nitrogens is 1. The maximum Gasteiger partial charge on any atom is 0.330 e. The van der Waals surface area contributed by atoms with E-state index >= 15 is 0 Å². The minimum Gasteiger partial charge on any atom is -0.463 e. The summed E-state index contributed by atoms with van der Waals surface area (Å²) in [6, 6.07) is 5.23. The lowest BCUT2D eigenvalue weighted by molar-refractivity contribution is -0.137. The molecule has 0 bridgehead atoms. The van der Waals surface area contributed by atoms with Crippen LogP contribution in [0.2, 0.25) is 0 Å². The van der Waals surface area contributed by atoms with Crippen LogP contribution >= 0.6 is 0 Å². The van der Waals surface area contributed by atoms with Gasteiger partial charge >= 0.3 is 5.97 Å². The molecule has 2 aromatic rings. The number of carbonyl (C=O) groups is 3. The second kappa shape index (κ2) is 8.69. The lowest BCUT2D eigenvalue weighted by Crippen LogP contribution is -2.36. The highest BCUT2D eigenvalue weighted by Crippen LogP contribution is 2.19. The molecular weight excluding hydrogens is 365 g/mol. The normalized spacial score (nSPS) is 17.6. The summed E-state index contributed by atoms with van der Waals surface area (Å²) < 4.78 is 18.2. The van der Waals surface area contributed by atoms with Crippen LogP contribution in [0.1, 0.15) is 30.3 Å². The molecule has 0 unspecified atom stereocenters. The van der Waals surface area contributed by atoms with Crippen molar-refractivity contribution < 1.29 is 23.5 Å². The second-order valence-electron chi connectivity index (χ2n) is 6.62. The number of ether oxygens (including phenoxy) is 1. The molecule has 1 aromatic heterocycles. The van der Waals surface area contributed by atoms with E-state index < -0.39 is 17.9 Å². The highest BCUT2D eigenvalue weighted by atomic mass is 19.1. The molecule has 8 heteroatoms. The van der Waals surface area contributed by atoms with Crippen molar-refractivity contribution in [3.05, 3.63) is 47.9 Å². The Kier molecular flexibility index (Phi) is 6.08. The van der Waals surface area contributed by atoms with Crippen molar-refractivity contribution in [2.75, 3.05) is 13.2 Å². The summed E-state index contributed by atoms with van der Waals surface area (Å²) in [4.78, 5) is 39.1. The van der Waals surface area contributed by atoms with E-state index in [4.69, 9.17) is 4.74 Å². The van der Waals surface area contributed by atoms with Crippen LogP contribution in [0.15, 0.2) is 36.4 Å². The third kappa shape index (κ3) is 4.76. The van der Waals surface area contributed by atoms with Crippen LogP contribution in [0.25, 0.3) is 10.9 Å². The summed E-state index contributed by atoms with van der Waals surface area (Å²) in [6.07, 6.45) is 3.82. The maximum atomic E-state index is 13.4. The molecule has 2 atom stereocenters. The number of aromatic amines is 1. The molecule has 0 aliphatic carbocycles. The molecule has 1 aliphatic heterocycles. The number of rotatable bonds is 7. The molecule has 1 saturated heterocycles. The highest BCUT2D eigenvalue weighted by molar-refractivity contribution is 5.98. The van der Waals surface area contributed by atoms with Gasteiger partial charge in [0.15, 0.2) is 0 Å². The topological polar surface area (TPSA) is 100 Å². The summed E-state index contributed by atoms with van der Waals surface area (Å²) in [5, 5.41) is 6.16. The first-order valence-electron chi connectivity index (χ1n) is 9.18. The number of aromatic nitrogens is 1. The first-order chi connectivity index (χ1) is 13.5. The Morgan fingerprint density at radius 2 is 2.21 bits per heavy atom. The molecule has 0 saturated carbocycles. The first-order valence-corrected chi connectivity index (χ1v) is 9.18. The number of fused-ring (bicyclic) bond motifs is 1. The number of benzene rings is 1. The van der Waals surface area contributed by atoms with Crippen molar-refractivity contribution in [2.24, 2.45) is 5.92 Å². The third-order valence-corrected chi connectivity index (χ3v) is 4.60. The van der Waals surface area contributed by atoms with Crippen LogP contribution < -0.4 is 10.6 Å². The Labute approximate surface area is 161 Å². The van der Waals surface area contributed by atoms with E-state index in [9.17, 15) is 18.8 Å². The minimum absolute atomic E-state index is 0.0649. The lowest BCUT2D eigenvalue weighted by atomic mass is 9.98. The van der Waals surface area contributed by atoms with E-state index in [-0.39, 0.29) is 29.9 Å². The van der Waals surface area contributed by atoms with Gasteiger partial charge in [-0.25, -0.2) is 9.18 Å². The Bertz CT molecular complexity index is 921. The Morgan fingerprint density at radius 3 is 2.93 bits per heavy atom. The van der Waals surface area contributed by atoms with Gasteiger partial charge in [0.25, 0.3) is 5.91 Å². The minimum atomic E-state index is -0.533. The molecule has 1 aliphatic rings. The fourth-order valence-electron chi connectivity index (χ4n) is 3.22. The molecule has 7 nitrogen and oxygen atoms in total. The van der Waals surface area contributed by atoms with E-state index in [0.717, 1.165) is 0 Å². The Balaban J connectivity index is 1.74. The van der Waals surface area contributed by atoms with Crippen molar-refractivity contribution in [2.45, 2.75) is 25.8 Å². The molecule has 0 radical (unpaired) electrons. The predicted molar refractivity (Wildman–Crippen MR) is 101 cm³/mol. The van der Waals surface area contributed by atoms with Crippen molar-refractivity contribution in [3.63, 3.8) is 0 Å². The highest BCUT2D eigenvalue weighted by Gasteiger charge is 2.27. The average molecular weight is 387 g/mol. The fourth-order valence-corrected chi connectivity index (χ4v) is 3.22. The van der Waals surface area contributed by atoms with Gasteiger partial charge in [-0.1, -0.05) is 6.08 Å². The lowest BCUT2D eigenvalue weighted by Gasteiger charge is -2.17. The number of hydrogen-bond acceptors (Lipinski definition) is 4. The molecule has 148 valence electrons. The van der Waals surface area contributed by atoms with Crippen molar-refractivity contribution in [1.82, 2.24) is 15.6 Å². The molecule has 1 aromatic carbocycles. The van der Waals surface area contributed by atoms with Crippen LogP contribution in [0.3, 0.4) is 0 Å². The zero-order valence-electron chi connectivity index (χ0n) is 15.5. The number of nitrogens with one attached hydrogen (secondary N) is 3. The van der Waals surface area contributed by atoms with Gasteiger partial charge in [-0.3, -0.25) is 9.59 Å². The van der Waals surface area contributed by atoms with Crippen molar-refractivity contribution in [1.29, 1.82) is 0 Å². The average Bonchev–Trinajstić information content (AvgIpc) is 3.25. The molecule has 2 heterocycles. The second-order valence-corrected chi connectivity index (χ2v) is 6.62. The Hall–Kier alpha value is -3.16. The summed E-state index contributed by atoms with van der Waals surface area (Å²) in [6.45, 7) is 2.54. The number of halogens is 1. The zero-order valence-corrected chi connectivity index (χ0v) is 15.5. The summed E-state index contributed by atoms with van der Waals surface area (Å²) >= 11 is 0. The molecule has 1 fully saturated rings. The predicted octanol–water partition coefficient (Wildman–Crippen LogP) is 2.05. The maximum absolute atomic E-state index is 13.4. The monoisotopic (exact) mass is 387 g/mol. The van der Waals surface area contributed by atoms with Gasteiger partial charge in [0, 0.05) is 35.5 Å². The van der Waals surface area contributed by atoms with E-state index in [1.54, 1.807) is 19.1 Å². The third-order valence-electron chi connectivity index (χ3n) is 4.60. The van der Waals surface area contributed by atoms with Gasteiger partial charge in [0.2, 0.25) is 5.91 Å². The van der Waals surface area contributed by atoms with Gasteiger partial charge in [-0.2, -0.15) is 0 Å². The van der Waals surface area contributed by atoms with Crippen molar-refractivity contribution >= 4 is 28.7 Å². The van der Waals surface area contributed by atoms with E-state index in [1.807, 2.05) is 0 Å². The van der Waals surface area contributed by atoms with Crippen LogP contribution in [-0.2, 0) is 14.3 Å². The SMILES string of the molecule is CCOC(=O)C=C[C@H](C[C@@H]1CCNC1=O)NC(=O)c1cc2cc(F)ccc2[nH]1. The van der Waals surface area contributed by atoms with Gasteiger partial charge in [-0.05, 0) is 44.0 Å². The smallest absolute Gasteiger partial charge is 0.330 e. The fraction of sp³-hybridized carbons (Fsp3) is 0.350. The van der Waals surface area contributed by atoms with Crippen molar-refractivity contribution in [3.8, 4) is 0 Å². The van der Waals surface area contributed by atoms with Gasteiger partial charge in [0.1, 0.15) is 11.5 Å². The summed E-state index contributed by atoms with van der Waals surface area (Å²) in [5.41, 5.74) is 0.909.